The van der Waals surface area contributed by atoms with Crippen LogP contribution in [0.2, 0.25) is 0 Å². The van der Waals surface area contributed by atoms with Crippen LogP contribution < -0.4 is 0 Å². The van der Waals surface area contributed by atoms with Crippen molar-refractivity contribution < 1.29 is 5.11 Å². The van der Waals surface area contributed by atoms with Crippen LogP contribution in [0.5, 0.6) is 5.75 Å². The second-order valence-electron chi connectivity index (χ2n) is 4.50. The van der Waals surface area contributed by atoms with E-state index in [2.05, 4.69) is 17.0 Å². The number of phenolic OH excluding ortho intramolecular Hbond substituents is 1. The quantitative estimate of drug-likeness (QED) is 0.763. The van der Waals surface area contributed by atoms with Crippen LogP contribution in [0, 0.1) is 6.92 Å². The lowest BCUT2D eigenvalue weighted by atomic mass is 10.1. The highest BCUT2D eigenvalue weighted by atomic mass is 16.3. The Morgan fingerprint density at radius 3 is 2.68 bits per heavy atom. The fraction of sp³-hybridized carbons (Fsp3) is 0.200. The molecule has 0 amide bonds. The molecule has 96 valence electrons. The average molecular weight is 253 g/mol. The molecule has 0 bridgehead atoms. The average Bonchev–Trinajstić information content (AvgIpc) is 2.73. The Kier molecular flexibility index (Phi) is 2.71. The second kappa shape index (κ2) is 4.39. The number of aromatic nitrogens is 3. The Labute approximate surface area is 111 Å². The molecule has 1 N–H and O–H groups in total. The van der Waals surface area contributed by atoms with Gasteiger partial charge in [-0.1, -0.05) is 19.1 Å². The summed E-state index contributed by atoms with van der Waals surface area (Å²) in [5.74, 6) is 0.240. The van der Waals surface area contributed by atoms with Crippen LogP contribution in [-0.2, 0) is 6.42 Å². The van der Waals surface area contributed by atoms with Gasteiger partial charge in [-0.2, -0.15) is 5.10 Å². The number of rotatable bonds is 2. The predicted octanol–water partition coefficient (Wildman–Crippen LogP) is 2.97. The molecule has 0 saturated carbocycles. The summed E-state index contributed by atoms with van der Waals surface area (Å²) >= 11 is 0. The molecule has 0 radical (unpaired) electrons. The molecule has 0 fully saturated rings. The van der Waals surface area contributed by atoms with Crippen LogP contribution >= 0.6 is 0 Å². The number of phenols is 1. The minimum absolute atomic E-state index is 0.240. The summed E-state index contributed by atoms with van der Waals surface area (Å²) in [6.07, 6.45) is 0.879. The van der Waals surface area contributed by atoms with E-state index in [1.54, 1.807) is 12.1 Å². The third kappa shape index (κ3) is 1.85. The first-order chi connectivity index (χ1) is 9.20. The fourth-order valence-electron chi connectivity index (χ4n) is 2.33. The lowest BCUT2D eigenvalue weighted by Gasteiger charge is -2.05. The van der Waals surface area contributed by atoms with Gasteiger partial charge in [-0.05, 0) is 37.6 Å². The monoisotopic (exact) mass is 253 g/mol. The van der Waals surface area contributed by atoms with E-state index in [-0.39, 0.29) is 5.75 Å². The zero-order valence-electron chi connectivity index (χ0n) is 11.0. The molecule has 2 aromatic heterocycles. The van der Waals surface area contributed by atoms with E-state index in [4.69, 9.17) is 0 Å². The van der Waals surface area contributed by atoms with Crippen LogP contribution in [0.25, 0.3) is 16.9 Å². The Morgan fingerprint density at radius 1 is 1.16 bits per heavy atom. The number of aryl methyl sites for hydroxylation is 2. The van der Waals surface area contributed by atoms with Gasteiger partial charge in [-0.25, -0.2) is 9.50 Å². The molecule has 0 atom stereocenters. The third-order valence-corrected chi connectivity index (χ3v) is 3.29. The highest BCUT2D eigenvalue weighted by Crippen LogP contribution is 2.27. The van der Waals surface area contributed by atoms with Crippen LogP contribution in [-0.4, -0.2) is 19.7 Å². The summed E-state index contributed by atoms with van der Waals surface area (Å²) in [7, 11) is 0. The molecule has 0 aliphatic rings. The number of benzene rings is 1. The van der Waals surface area contributed by atoms with Gasteiger partial charge in [0.25, 0.3) is 0 Å². The van der Waals surface area contributed by atoms with Gasteiger partial charge in [0.05, 0.1) is 17.1 Å². The zero-order chi connectivity index (χ0) is 13.4. The lowest BCUT2D eigenvalue weighted by Crippen LogP contribution is -1.99. The van der Waals surface area contributed by atoms with Crippen molar-refractivity contribution in [3.63, 3.8) is 0 Å². The molecule has 4 heteroatoms. The van der Waals surface area contributed by atoms with Gasteiger partial charge in [-0.15, -0.1) is 0 Å². The minimum atomic E-state index is 0.240. The summed E-state index contributed by atoms with van der Waals surface area (Å²) in [6, 6.07) is 11.0. The minimum Gasteiger partial charge on any atom is -0.507 e. The molecule has 3 aromatic rings. The molecule has 1 aromatic carbocycles. The summed E-state index contributed by atoms with van der Waals surface area (Å²) in [4.78, 5) is 4.48. The molecule has 19 heavy (non-hydrogen) atoms. The number of hydrogen-bond acceptors (Lipinski definition) is 3. The predicted molar refractivity (Wildman–Crippen MR) is 74.2 cm³/mol. The van der Waals surface area contributed by atoms with Crippen molar-refractivity contribution in [2.24, 2.45) is 0 Å². The highest BCUT2D eigenvalue weighted by Gasteiger charge is 2.11. The summed E-state index contributed by atoms with van der Waals surface area (Å²) in [5, 5.41) is 14.5. The Hall–Kier alpha value is -2.36. The van der Waals surface area contributed by atoms with Crippen molar-refractivity contribution in [2.45, 2.75) is 20.3 Å². The Morgan fingerprint density at radius 2 is 1.95 bits per heavy atom. The van der Waals surface area contributed by atoms with Crippen molar-refractivity contribution in [2.75, 3.05) is 0 Å². The van der Waals surface area contributed by atoms with Crippen molar-refractivity contribution in [3.05, 3.63) is 47.8 Å². The van der Waals surface area contributed by atoms with E-state index in [9.17, 15) is 5.11 Å². The van der Waals surface area contributed by atoms with E-state index in [1.165, 1.54) is 0 Å². The maximum absolute atomic E-state index is 9.90. The van der Waals surface area contributed by atoms with Gasteiger partial charge >= 0.3 is 0 Å². The first-order valence-corrected chi connectivity index (χ1v) is 6.34. The van der Waals surface area contributed by atoms with Gasteiger partial charge < -0.3 is 5.11 Å². The zero-order valence-corrected chi connectivity index (χ0v) is 11.0. The van der Waals surface area contributed by atoms with Crippen molar-refractivity contribution >= 4 is 5.65 Å². The van der Waals surface area contributed by atoms with Crippen molar-refractivity contribution in [1.82, 2.24) is 14.6 Å². The number of aromatic hydroxyl groups is 1. The van der Waals surface area contributed by atoms with Gasteiger partial charge in [-0.3, -0.25) is 0 Å². The molecular weight excluding hydrogens is 238 g/mol. The number of fused-ring (bicyclic) bond motifs is 1. The molecule has 0 aliphatic carbocycles. The molecular formula is C15H15N3O. The first-order valence-electron chi connectivity index (χ1n) is 6.34. The maximum atomic E-state index is 9.90. The SMILES string of the molecule is CCc1c(C)nc2ccc(-c3ccccc3O)nn12. The molecule has 0 aliphatic heterocycles. The van der Waals surface area contributed by atoms with Crippen LogP contribution in [0.1, 0.15) is 18.3 Å². The van der Waals surface area contributed by atoms with Crippen molar-refractivity contribution in [1.29, 1.82) is 0 Å². The highest BCUT2D eigenvalue weighted by molar-refractivity contribution is 5.67. The lowest BCUT2D eigenvalue weighted by molar-refractivity contribution is 0.477. The number of para-hydroxylation sites is 1. The van der Waals surface area contributed by atoms with Gasteiger partial charge in [0, 0.05) is 5.56 Å². The van der Waals surface area contributed by atoms with Gasteiger partial charge in [0.2, 0.25) is 0 Å². The first kappa shape index (κ1) is 11.7. The smallest absolute Gasteiger partial charge is 0.154 e. The maximum Gasteiger partial charge on any atom is 0.154 e. The molecule has 0 spiro atoms. The topological polar surface area (TPSA) is 50.4 Å². The van der Waals surface area contributed by atoms with Crippen LogP contribution in [0.4, 0.5) is 0 Å². The van der Waals surface area contributed by atoms with Crippen LogP contribution in [0.15, 0.2) is 36.4 Å². The fourth-order valence-corrected chi connectivity index (χ4v) is 2.33. The van der Waals surface area contributed by atoms with E-state index in [0.717, 1.165) is 34.7 Å². The Balaban J connectivity index is 2.24. The molecule has 4 nitrogen and oxygen atoms in total. The molecule has 0 saturated heterocycles. The van der Waals surface area contributed by atoms with E-state index >= 15 is 0 Å². The molecule has 3 rings (SSSR count). The van der Waals surface area contributed by atoms with Crippen molar-refractivity contribution in [3.8, 4) is 17.0 Å². The number of nitrogens with zero attached hydrogens (tertiary/aromatic N) is 3. The van der Waals surface area contributed by atoms with E-state index in [0.29, 0.717) is 0 Å². The van der Waals surface area contributed by atoms with E-state index in [1.807, 2.05) is 35.7 Å². The standard InChI is InChI=1S/C15H15N3O/c1-3-13-10(2)16-15-9-8-12(17-18(13)15)11-6-4-5-7-14(11)19/h4-9,19H,3H2,1-2H3. The molecule has 2 heterocycles. The normalized spacial score (nSPS) is 11.1. The van der Waals surface area contributed by atoms with E-state index < -0.39 is 0 Å². The Bertz CT molecular complexity index is 746. The summed E-state index contributed by atoms with van der Waals surface area (Å²) in [6.45, 7) is 4.08. The summed E-state index contributed by atoms with van der Waals surface area (Å²) in [5.41, 5.74) is 4.43. The molecule has 0 unspecified atom stereocenters. The second-order valence-corrected chi connectivity index (χ2v) is 4.50. The largest absolute Gasteiger partial charge is 0.507 e. The van der Waals surface area contributed by atoms with Crippen LogP contribution in [0.3, 0.4) is 0 Å². The van der Waals surface area contributed by atoms with Gasteiger partial charge in [0.1, 0.15) is 5.75 Å². The number of hydrogen-bond donors (Lipinski definition) is 1. The number of imidazole rings is 1. The summed E-state index contributed by atoms with van der Waals surface area (Å²) < 4.78 is 1.86. The third-order valence-electron chi connectivity index (χ3n) is 3.29. The van der Waals surface area contributed by atoms with Gasteiger partial charge in [0.15, 0.2) is 5.65 Å².